The van der Waals surface area contributed by atoms with Crippen molar-refractivity contribution in [3.63, 3.8) is 0 Å². The molecule has 1 saturated heterocycles. The van der Waals surface area contributed by atoms with Crippen LogP contribution < -0.4 is 10.6 Å². The third-order valence-corrected chi connectivity index (χ3v) is 3.31. The fourth-order valence-electron chi connectivity index (χ4n) is 2.25. The van der Waals surface area contributed by atoms with Gasteiger partial charge in [-0.15, -0.1) is 12.8 Å². The number of ether oxygens (including phenoxy) is 1. The van der Waals surface area contributed by atoms with Crippen LogP contribution in [0.1, 0.15) is 46.0 Å². The Bertz CT molecular complexity index is 297. The summed E-state index contributed by atoms with van der Waals surface area (Å²) in [5.41, 5.74) is 0. The minimum absolute atomic E-state index is 0.108. The molecule has 2 aliphatic rings. The van der Waals surface area contributed by atoms with Gasteiger partial charge in [0.25, 0.3) is 0 Å². The highest BCUT2D eigenvalue weighted by Gasteiger charge is 2.22. The molecule has 0 radical (unpaired) electrons. The van der Waals surface area contributed by atoms with Crippen molar-refractivity contribution in [2.75, 3.05) is 33.2 Å². The van der Waals surface area contributed by atoms with Gasteiger partial charge in [0, 0.05) is 33.2 Å². The van der Waals surface area contributed by atoms with Crippen LogP contribution in [0.25, 0.3) is 0 Å². The topological polar surface area (TPSA) is 70.7 Å². The zero-order valence-corrected chi connectivity index (χ0v) is 14.8. The summed E-state index contributed by atoms with van der Waals surface area (Å²) in [6.07, 6.45) is 14.5. The summed E-state index contributed by atoms with van der Waals surface area (Å²) in [4.78, 5) is 22.6. The Morgan fingerprint density at radius 3 is 2.09 bits per heavy atom. The Morgan fingerprint density at radius 2 is 1.65 bits per heavy atom. The Balaban J connectivity index is 0. The summed E-state index contributed by atoms with van der Waals surface area (Å²) in [7, 11) is 1.56. The van der Waals surface area contributed by atoms with Crippen LogP contribution in [0.4, 0.5) is 4.79 Å². The number of hydrogen-bond donors (Lipinski definition) is 2. The zero-order valence-electron chi connectivity index (χ0n) is 14.8. The highest BCUT2D eigenvalue weighted by molar-refractivity contribution is 5.68. The molecule has 0 bridgehead atoms. The van der Waals surface area contributed by atoms with Crippen molar-refractivity contribution in [3.8, 4) is 12.8 Å². The van der Waals surface area contributed by atoms with Gasteiger partial charge in [0.1, 0.15) is 6.10 Å². The van der Waals surface area contributed by atoms with Crippen molar-refractivity contribution in [1.29, 1.82) is 0 Å². The second-order valence-corrected chi connectivity index (χ2v) is 4.79. The quantitative estimate of drug-likeness (QED) is 0.601. The van der Waals surface area contributed by atoms with E-state index in [2.05, 4.69) is 23.5 Å². The highest BCUT2D eigenvalue weighted by atomic mass is 16.6. The average molecular weight is 327 g/mol. The molecular weight excluding hydrogens is 294 g/mol. The minimum atomic E-state index is -0.108. The smallest absolute Gasteiger partial charge is 0.410 e. The van der Waals surface area contributed by atoms with Gasteiger partial charge >= 0.3 is 6.09 Å². The molecule has 1 aliphatic carbocycles. The number of piperazine rings is 1. The zero-order chi connectivity index (χ0) is 17.9. The van der Waals surface area contributed by atoms with E-state index in [9.17, 15) is 4.79 Å². The molecule has 1 saturated carbocycles. The van der Waals surface area contributed by atoms with Gasteiger partial charge in [0.05, 0.1) is 0 Å². The SMILES string of the molecule is C#C.CC.CNC=O.O=C(OC1CCCCC1)N1CCNCC1. The molecule has 0 unspecified atom stereocenters. The van der Waals surface area contributed by atoms with Crippen LogP contribution in [0.2, 0.25) is 0 Å². The van der Waals surface area contributed by atoms with Gasteiger partial charge in [-0.05, 0) is 25.7 Å². The van der Waals surface area contributed by atoms with Gasteiger partial charge in [-0.1, -0.05) is 20.3 Å². The molecule has 0 spiro atoms. The fourth-order valence-corrected chi connectivity index (χ4v) is 2.25. The lowest BCUT2D eigenvalue weighted by atomic mass is 9.98. The van der Waals surface area contributed by atoms with Crippen LogP contribution in [0.15, 0.2) is 0 Å². The van der Waals surface area contributed by atoms with E-state index in [1.54, 1.807) is 7.05 Å². The van der Waals surface area contributed by atoms with Crippen molar-refractivity contribution in [3.05, 3.63) is 0 Å². The van der Waals surface area contributed by atoms with Crippen LogP contribution in [0.5, 0.6) is 0 Å². The third kappa shape index (κ3) is 12.5. The predicted octanol–water partition coefficient (Wildman–Crippen LogP) is 2.00. The third-order valence-electron chi connectivity index (χ3n) is 3.31. The number of terminal acetylenes is 1. The lowest BCUT2D eigenvalue weighted by Crippen LogP contribution is -2.47. The first-order valence-electron chi connectivity index (χ1n) is 8.38. The summed E-state index contributed by atoms with van der Waals surface area (Å²) in [6, 6.07) is 0. The summed E-state index contributed by atoms with van der Waals surface area (Å²) in [5.74, 6) is 0. The maximum absolute atomic E-state index is 11.7. The van der Waals surface area contributed by atoms with Crippen molar-refractivity contribution >= 4 is 12.5 Å². The Hall–Kier alpha value is -1.74. The largest absolute Gasteiger partial charge is 0.446 e. The lowest BCUT2D eigenvalue weighted by molar-refractivity contribution is -0.109. The number of rotatable bonds is 2. The number of nitrogens with one attached hydrogen (secondary N) is 2. The van der Waals surface area contributed by atoms with E-state index in [0.29, 0.717) is 6.41 Å². The number of hydrogen-bond acceptors (Lipinski definition) is 4. The molecule has 0 aromatic rings. The van der Waals surface area contributed by atoms with Gasteiger partial charge in [0.15, 0.2) is 0 Å². The minimum Gasteiger partial charge on any atom is -0.446 e. The first-order chi connectivity index (χ1) is 11.3. The van der Waals surface area contributed by atoms with Crippen molar-refractivity contribution in [2.24, 2.45) is 0 Å². The standard InChI is InChI=1S/C11H20N2O2.C2H5NO.C2H6.C2H2/c14-11(13-8-6-12-7-9-13)15-10-4-2-1-3-5-10;1-3-2-4;2*1-2/h10,12H,1-9H2;2H,1H3,(H,3,4);1-2H3;1-2H. The summed E-state index contributed by atoms with van der Waals surface area (Å²) in [5, 5.41) is 5.47. The normalized spacial score (nSPS) is 16.8. The molecule has 0 aromatic carbocycles. The van der Waals surface area contributed by atoms with E-state index in [1.807, 2.05) is 18.7 Å². The molecule has 23 heavy (non-hydrogen) atoms. The van der Waals surface area contributed by atoms with E-state index in [0.717, 1.165) is 39.0 Å². The molecule has 2 N–H and O–H groups in total. The van der Waals surface area contributed by atoms with Gasteiger partial charge in [-0.3, -0.25) is 4.79 Å². The Kier molecular flexibility index (Phi) is 18.7. The van der Waals surface area contributed by atoms with Crippen LogP contribution in [-0.4, -0.2) is 56.7 Å². The second-order valence-electron chi connectivity index (χ2n) is 4.79. The molecule has 1 heterocycles. The highest BCUT2D eigenvalue weighted by Crippen LogP contribution is 2.20. The number of nitrogens with zero attached hydrogens (tertiary/aromatic N) is 1. The van der Waals surface area contributed by atoms with Crippen molar-refractivity contribution < 1.29 is 14.3 Å². The molecule has 1 aliphatic heterocycles. The van der Waals surface area contributed by atoms with E-state index in [1.165, 1.54) is 19.3 Å². The average Bonchev–Trinajstić information content (AvgIpc) is 2.67. The van der Waals surface area contributed by atoms with Crippen LogP contribution in [0.3, 0.4) is 0 Å². The summed E-state index contributed by atoms with van der Waals surface area (Å²) < 4.78 is 5.49. The summed E-state index contributed by atoms with van der Waals surface area (Å²) >= 11 is 0. The number of carbonyl (C=O) groups is 2. The molecule has 2 fully saturated rings. The molecule has 6 heteroatoms. The number of carbonyl (C=O) groups excluding carboxylic acids is 2. The monoisotopic (exact) mass is 327 g/mol. The van der Waals surface area contributed by atoms with E-state index < -0.39 is 0 Å². The van der Waals surface area contributed by atoms with Gasteiger partial charge in [-0.25, -0.2) is 4.79 Å². The van der Waals surface area contributed by atoms with Crippen molar-refractivity contribution in [2.45, 2.75) is 52.1 Å². The predicted molar refractivity (Wildman–Crippen MR) is 94.2 cm³/mol. The fraction of sp³-hybridized carbons (Fsp3) is 0.765. The molecule has 0 aromatic heterocycles. The molecular formula is C17H33N3O3. The Labute approximate surface area is 141 Å². The lowest BCUT2D eigenvalue weighted by Gasteiger charge is -2.29. The van der Waals surface area contributed by atoms with E-state index in [-0.39, 0.29) is 12.2 Å². The van der Waals surface area contributed by atoms with Crippen LogP contribution in [-0.2, 0) is 9.53 Å². The molecule has 0 atom stereocenters. The Morgan fingerprint density at radius 1 is 1.17 bits per heavy atom. The van der Waals surface area contributed by atoms with Crippen LogP contribution >= 0.6 is 0 Å². The maximum Gasteiger partial charge on any atom is 0.410 e. The molecule has 6 nitrogen and oxygen atoms in total. The second kappa shape index (κ2) is 18.3. The first kappa shape index (κ1) is 23.5. The summed E-state index contributed by atoms with van der Waals surface area (Å²) in [6.45, 7) is 7.34. The molecule has 2 amide bonds. The van der Waals surface area contributed by atoms with Crippen LogP contribution in [0, 0.1) is 12.8 Å². The first-order valence-corrected chi connectivity index (χ1v) is 8.38. The van der Waals surface area contributed by atoms with Gasteiger partial charge in [0.2, 0.25) is 6.41 Å². The van der Waals surface area contributed by atoms with Gasteiger partial charge in [-0.2, -0.15) is 0 Å². The van der Waals surface area contributed by atoms with Crippen molar-refractivity contribution in [1.82, 2.24) is 15.5 Å². The maximum atomic E-state index is 11.7. The van der Waals surface area contributed by atoms with Gasteiger partial charge < -0.3 is 20.3 Å². The molecule has 2 rings (SSSR count). The van der Waals surface area contributed by atoms with E-state index >= 15 is 0 Å². The number of amides is 2. The van der Waals surface area contributed by atoms with E-state index in [4.69, 9.17) is 9.53 Å². The molecule has 134 valence electrons.